The van der Waals surface area contributed by atoms with Gasteiger partial charge in [-0.2, -0.15) is 0 Å². The summed E-state index contributed by atoms with van der Waals surface area (Å²) in [5.41, 5.74) is 1.22. The fourth-order valence-electron chi connectivity index (χ4n) is 2.18. The van der Waals surface area contributed by atoms with Crippen LogP contribution >= 0.6 is 11.6 Å². The van der Waals surface area contributed by atoms with E-state index in [2.05, 4.69) is 10.0 Å². The second-order valence-corrected chi connectivity index (χ2v) is 7.88. The summed E-state index contributed by atoms with van der Waals surface area (Å²) in [5, 5.41) is 3.40. The van der Waals surface area contributed by atoms with Crippen LogP contribution in [0.15, 0.2) is 53.4 Å². The molecule has 5 nitrogen and oxygen atoms in total. The van der Waals surface area contributed by atoms with Crippen molar-refractivity contribution in [2.45, 2.75) is 30.3 Å². The molecule has 1 aliphatic rings. The molecule has 7 heteroatoms. The number of carbonyl (C=O) groups excluding carboxylic acids is 1. The van der Waals surface area contributed by atoms with E-state index in [4.69, 9.17) is 11.6 Å². The van der Waals surface area contributed by atoms with Crippen molar-refractivity contribution in [3.63, 3.8) is 0 Å². The van der Waals surface area contributed by atoms with Crippen LogP contribution in [0, 0.1) is 0 Å². The first-order valence-corrected chi connectivity index (χ1v) is 9.45. The number of benzene rings is 2. The number of sulfonamides is 1. The molecular weight excluding hydrogens is 348 g/mol. The first-order chi connectivity index (χ1) is 11.4. The minimum atomic E-state index is -3.57. The van der Waals surface area contributed by atoms with Crippen LogP contribution in [0.3, 0.4) is 0 Å². The summed E-state index contributed by atoms with van der Waals surface area (Å²) in [7, 11) is -3.57. The maximum Gasteiger partial charge on any atom is 0.251 e. The topological polar surface area (TPSA) is 75.3 Å². The number of halogens is 1. The monoisotopic (exact) mass is 364 g/mol. The fraction of sp³-hybridized carbons (Fsp3) is 0.235. The lowest BCUT2D eigenvalue weighted by Crippen LogP contribution is -2.27. The highest BCUT2D eigenvalue weighted by molar-refractivity contribution is 7.89. The van der Waals surface area contributed by atoms with Gasteiger partial charge in [0, 0.05) is 23.2 Å². The van der Waals surface area contributed by atoms with Crippen LogP contribution in [0.2, 0.25) is 5.02 Å². The van der Waals surface area contributed by atoms with Gasteiger partial charge in [-0.05, 0) is 48.7 Å². The third-order valence-corrected chi connectivity index (χ3v) is 5.44. The first kappa shape index (κ1) is 17.0. The van der Waals surface area contributed by atoms with Gasteiger partial charge in [0.05, 0.1) is 4.90 Å². The molecule has 0 unspecified atom stereocenters. The molecule has 2 aromatic carbocycles. The second kappa shape index (κ2) is 6.93. The lowest BCUT2D eigenvalue weighted by molar-refractivity contribution is 0.0950. The van der Waals surface area contributed by atoms with Crippen molar-refractivity contribution in [1.82, 2.24) is 10.0 Å². The Hall–Kier alpha value is -1.89. The second-order valence-electron chi connectivity index (χ2n) is 5.73. The average Bonchev–Trinajstić information content (AvgIpc) is 3.37. The Labute approximate surface area is 146 Å². The molecule has 0 radical (unpaired) electrons. The van der Waals surface area contributed by atoms with Gasteiger partial charge < -0.3 is 5.32 Å². The van der Waals surface area contributed by atoms with E-state index in [0.29, 0.717) is 17.1 Å². The normalized spacial score (nSPS) is 14.4. The molecule has 3 rings (SSSR count). The molecule has 1 saturated carbocycles. The van der Waals surface area contributed by atoms with Gasteiger partial charge in [0.2, 0.25) is 10.0 Å². The van der Waals surface area contributed by atoms with Gasteiger partial charge in [-0.1, -0.05) is 29.8 Å². The van der Waals surface area contributed by atoms with E-state index in [0.717, 1.165) is 18.4 Å². The van der Waals surface area contributed by atoms with Crippen molar-refractivity contribution in [1.29, 1.82) is 0 Å². The Morgan fingerprint density at radius 1 is 1.12 bits per heavy atom. The lowest BCUT2D eigenvalue weighted by atomic mass is 10.2. The summed E-state index contributed by atoms with van der Waals surface area (Å²) in [6.45, 7) is 0.341. The minimum Gasteiger partial charge on any atom is -0.348 e. The zero-order chi connectivity index (χ0) is 17.2. The third-order valence-electron chi connectivity index (χ3n) is 3.67. The summed E-state index contributed by atoms with van der Waals surface area (Å²) < 4.78 is 27.0. The highest BCUT2D eigenvalue weighted by Gasteiger charge is 2.28. The van der Waals surface area contributed by atoms with E-state index in [1.165, 1.54) is 12.1 Å². The Kier molecular flexibility index (Phi) is 4.89. The SMILES string of the molecule is O=C(NCc1ccc(Cl)cc1)c1cccc(S(=O)(=O)NC2CC2)c1. The Morgan fingerprint density at radius 3 is 2.50 bits per heavy atom. The van der Waals surface area contributed by atoms with Crippen LogP contribution in [0.25, 0.3) is 0 Å². The molecule has 24 heavy (non-hydrogen) atoms. The highest BCUT2D eigenvalue weighted by Crippen LogP contribution is 2.22. The molecule has 126 valence electrons. The molecule has 0 spiro atoms. The minimum absolute atomic E-state index is 0.0254. The molecule has 0 aromatic heterocycles. The molecule has 1 fully saturated rings. The van der Waals surface area contributed by atoms with Crippen LogP contribution < -0.4 is 10.0 Å². The van der Waals surface area contributed by atoms with E-state index < -0.39 is 10.0 Å². The zero-order valence-corrected chi connectivity index (χ0v) is 14.4. The van der Waals surface area contributed by atoms with Gasteiger partial charge in [0.15, 0.2) is 0 Å². The Balaban J connectivity index is 1.68. The quantitative estimate of drug-likeness (QED) is 0.827. The van der Waals surface area contributed by atoms with Gasteiger partial charge in [0.25, 0.3) is 5.91 Å². The molecule has 0 bridgehead atoms. The molecule has 0 saturated heterocycles. The van der Waals surface area contributed by atoms with Crippen LogP contribution in [-0.4, -0.2) is 20.4 Å². The van der Waals surface area contributed by atoms with E-state index in [-0.39, 0.29) is 16.8 Å². The summed E-state index contributed by atoms with van der Waals surface area (Å²) in [6, 6.07) is 13.2. The third kappa shape index (κ3) is 4.35. The molecule has 2 aromatic rings. The maximum absolute atomic E-state index is 12.2. The van der Waals surface area contributed by atoms with Crippen molar-refractivity contribution in [2.24, 2.45) is 0 Å². The van der Waals surface area contributed by atoms with Gasteiger partial charge >= 0.3 is 0 Å². The van der Waals surface area contributed by atoms with E-state index in [1.54, 1.807) is 24.3 Å². The Morgan fingerprint density at radius 2 is 1.83 bits per heavy atom. The van der Waals surface area contributed by atoms with Crippen LogP contribution in [0.5, 0.6) is 0 Å². The molecule has 0 heterocycles. The largest absolute Gasteiger partial charge is 0.348 e. The number of nitrogens with one attached hydrogen (secondary N) is 2. The van der Waals surface area contributed by atoms with E-state index in [9.17, 15) is 13.2 Å². The van der Waals surface area contributed by atoms with E-state index >= 15 is 0 Å². The predicted molar refractivity (Wildman–Crippen MR) is 92.4 cm³/mol. The van der Waals surface area contributed by atoms with Crippen molar-refractivity contribution in [3.05, 3.63) is 64.7 Å². The molecule has 0 atom stereocenters. The first-order valence-electron chi connectivity index (χ1n) is 7.59. The smallest absolute Gasteiger partial charge is 0.251 e. The van der Waals surface area contributed by atoms with Crippen molar-refractivity contribution < 1.29 is 13.2 Å². The standard InChI is InChI=1S/C17H17ClN2O3S/c18-14-6-4-12(5-7-14)11-19-17(21)13-2-1-3-16(10-13)24(22,23)20-15-8-9-15/h1-7,10,15,20H,8-9,11H2,(H,19,21). The van der Waals surface area contributed by atoms with Crippen molar-refractivity contribution in [3.8, 4) is 0 Å². The Bertz CT molecular complexity index is 846. The van der Waals surface area contributed by atoms with Crippen molar-refractivity contribution in [2.75, 3.05) is 0 Å². The average molecular weight is 365 g/mol. The molecule has 1 amide bonds. The van der Waals surface area contributed by atoms with Gasteiger partial charge in [-0.3, -0.25) is 4.79 Å². The number of hydrogen-bond acceptors (Lipinski definition) is 3. The maximum atomic E-state index is 12.2. The van der Waals surface area contributed by atoms with Crippen molar-refractivity contribution >= 4 is 27.5 Å². The fourth-order valence-corrected chi connectivity index (χ4v) is 3.66. The van der Waals surface area contributed by atoms with E-state index in [1.807, 2.05) is 12.1 Å². The summed E-state index contributed by atoms with van der Waals surface area (Å²) in [6.07, 6.45) is 1.72. The van der Waals surface area contributed by atoms with Crippen LogP contribution in [0.1, 0.15) is 28.8 Å². The predicted octanol–water partition coefficient (Wildman–Crippen LogP) is 2.71. The summed E-state index contributed by atoms with van der Waals surface area (Å²) >= 11 is 5.82. The van der Waals surface area contributed by atoms with Gasteiger partial charge in [0.1, 0.15) is 0 Å². The summed E-state index contributed by atoms with van der Waals surface area (Å²) in [4.78, 5) is 12.4. The zero-order valence-electron chi connectivity index (χ0n) is 12.8. The molecule has 0 aliphatic heterocycles. The molecule has 1 aliphatic carbocycles. The number of amides is 1. The molecular formula is C17H17ClN2O3S. The molecule has 2 N–H and O–H groups in total. The van der Waals surface area contributed by atoms with Gasteiger partial charge in [-0.25, -0.2) is 13.1 Å². The number of rotatable bonds is 6. The van der Waals surface area contributed by atoms with Gasteiger partial charge in [-0.15, -0.1) is 0 Å². The van der Waals surface area contributed by atoms with Crippen LogP contribution in [-0.2, 0) is 16.6 Å². The lowest BCUT2D eigenvalue weighted by Gasteiger charge is -2.09. The number of carbonyl (C=O) groups is 1. The summed E-state index contributed by atoms with van der Waals surface area (Å²) in [5.74, 6) is -0.326. The number of hydrogen-bond donors (Lipinski definition) is 2. The highest BCUT2D eigenvalue weighted by atomic mass is 35.5. The van der Waals surface area contributed by atoms with Crippen LogP contribution in [0.4, 0.5) is 0 Å².